The Morgan fingerprint density at radius 3 is 2.62 bits per heavy atom. The lowest BCUT2D eigenvalue weighted by molar-refractivity contribution is -0.0520. The summed E-state index contributed by atoms with van der Waals surface area (Å²) >= 11 is 5.91. The third-order valence-corrected chi connectivity index (χ3v) is 4.62. The van der Waals surface area contributed by atoms with Crippen molar-refractivity contribution in [3.63, 3.8) is 0 Å². The predicted octanol–water partition coefficient (Wildman–Crippen LogP) is -0.928. The summed E-state index contributed by atoms with van der Waals surface area (Å²) in [6.07, 6.45) is -6.00. The van der Waals surface area contributed by atoms with Gasteiger partial charge in [-0.1, -0.05) is 11.6 Å². The molecule has 0 bridgehead atoms. The Hall–Kier alpha value is -1.56. The molecule has 0 radical (unpaired) electrons. The second-order valence-electron chi connectivity index (χ2n) is 5.62. The zero-order valence-electron chi connectivity index (χ0n) is 12.9. The first-order chi connectivity index (χ1) is 12.1. The maximum atomic E-state index is 12.3. The van der Waals surface area contributed by atoms with Crippen LogP contribution in [-0.4, -0.2) is 54.5 Å². The largest absolute Gasteiger partial charge is 0.469 e. The van der Waals surface area contributed by atoms with Crippen LogP contribution < -0.4 is 11.2 Å². The molecule has 13 heteroatoms. The van der Waals surface area contributed by atoms with E-state index in [4.69, 9.17) is 26.1 Å². The number of aliphatic hydroxyl groups excluding tert-OH is 2. The van der Waals surface area contributed by atoms with Gasteiger partial charge in [0.05, 0.1) is 17.5 Å². The van der Waals surface area contributed by atoms with Gasteiger partial charge in [0.15, 0.2) is 6.23 Å². The number of aliphatic hydroxyl groups is 2. The van der Waals surface area contributed by atoms with Crippen LogP contribution >= 0.6 is 19.4 Å². The monoisotopic (exact) mass is 408 g/mol. The average Bonchev–Trinajstić information content (AvgIpc) is 2.80. The van der Waals surface area contributed by atoms with Crippen LogP contribution in [0.4, 0.5) is 0 Å². The van der Waals surface area contributed by atoms with Crippen LogP contribution in [0.25, 0.3) is 10.9 Å². The van der Waals surface area contributed by atoms with Gasteiger partial charge in [0.25, 0.3) is 5.56 Å². The Balaban J connectivity index is 2.04. The number of nitrogens with one attached hydrogen (secondary N) is 1. The molecule has 1 aliphatic rings. The van der Waals surface area contributed by atoms with E-state index in [0.717, 1.165) is 4.57 Å². The number of aromatic amines is 1. The Labute approximate surface area is 149 Å². The fourth-order valence-electron chi connectivity index (χ4n) is 2.73. The van der Waals surface area contributed by atoms with Crippen molar-refractivity contribution in [3.05, 3.63) is 44.1 Å². The van der Waals surface area contributed by atoms with Gasteiger partial charge < -0.3 is 24.7 Å². The molecule has 2 aromatic rings. The Morgan fingerprint density at radius 2 is 1.96 bits per heavy atom. The van der Waals surface area contributed by atoms with E-state index in [1.807, 2.05) is 0 Å². The highest BCUT2D eigenvalue weighted by molar-refractivity contribution is 7.46. The Bertz CT molecular complexity index is 999. The molecule has 1 fully saturated rings. The van der Waals surface area contributed by atoms with Crippen LogP contribution in [0.5, 0.6) is 0 Å². The van der Waals surface area contributed by atoms with Gasteiger partial charge in [-0.3, -0.25) is 18.9 Å². The standard InChI is InChI=1S/C13H14ClN2O9P/c14-5-1-2-6-7(3-5)16(13(20)15-11(6)19)12-10(18)9(17)8(25-12)4-24-26(21,22)23/h1-3,8-10,12,17-18H,4H2,(H,15,19,20)(H2,21,22,23)/t8-,9-,10-,12-/m1/s1. The molecule has 1 aromatic heterocycles. The highest BCUT2D eigenvalue weighted by atomic mass is 35.5. The smallest absolute Gasteiger partial charge is 0.387 e. The minimum absolute atomic E-state index is 0.0547. The van der Waals surface area contributed by atoms with Gasteiger partial charge in [-0.25, -0.2) is 9.36 Å². The maximum Gasteiger partial charge on any atom is 0.469 e. The summed E-state index contributed by atoms with van der Waals surface area (Å²) in [6, 6.07) is 4.12. The summed E-state index contributed by atoms with van der Waals surface area (Å²) in [6.45, 7) is -0.726. The zero-order chi connectivity index (χ0) is 19.2. The molecular weight excluding hydrogens is 395 g/mol. The third-order valence-electron chi connectivity index (χ3n) is 3.90. The van der Waals surface area contributed by atoms with E-state index in [9.17, 15) is 24.4 Å². The molecule has 3 rings (SSSR count). The zero-order valence-corrected chi connectivity index (χ0v) is 14.5. The molecule has 0 saturated carbocycles. The van der Waals surface area contributed by atoms with Crippen molar-refractivity contribution in [1.29, 1.82) is 0 Å². The number of phosphoric ester groups is 1. The number of phosphoric acid groups is 1. The van der Waals surface area contributed by atoms with Gasteiger partial charge in [0, 0.05) is 5.02 Å². The molecule has 2 heterocycles. The maximum absolute atomic E-state index is 12.3. The second-order valence-corrected chi connectivity index (χ2v) is 7.30. The quantitative estimate of drug-likeness (QED) is 0.401. The molecule has 0 aliphatic carbocycles. The molecular formula is C13H14ClN2O9P. The molecule has 0 amide bonds. The number of hydrogen-bond acceptors (Lipinski definition) is 7. The summed E-state index contributed by atoms with van der Waals surface area (Å²) in [7, 11) is -4.82. The molecule has 11 nitrogen and oxygen atoms in total. The average molecular weight is 409 g/mol. The van der Waals surface area contributed by atoms with Crippen molar-refractivity contribution in [2.75, 3.05) is 6.61 Å². The van der Waals surface area contributed by atoms with Crippen molar-refractivity contribution in [1.82, 2.24) is 9.55 Å². The molecule has 142 valence electrons. The lowest BCUT2D eigenvalue weighted by Crippen LogP contribution is -2.38. The summed E-state index contributed by atoms with van der Waals surface area (Å²) in [5.41, 5.74) is -1.54. The van der Waals surface area contributed by atoms with Gasteiger partial charge >= 0.3 is 13.5 Å². The van der Waals surface area contributed by atoms with Crippen LogP contribution in [0, 0.1) is 0 Å². The first kappa shape index (κ1) is 19.2. The van der Waals surface area contributed by atoms with Gasteiger partial charge in [-0.05, 0) is 18.2 Å². The number of benzene rings is 1. The van der Waals surface area contributed by atoms with Gasteiger partial charge in [-0.15, -0.1) is 0 Å². The number of halogens is 1. The lowest BCUT2D eigenvalue weighted by atomic mass is 10.1. The van der Waals surface area contributed by atoms with Crippen molar-refractivity contribution in [2.45, 2.75) is 24.5 Å². The lowest BCUT2D eigenvalue weighted by Gasteiger charge is -2.19. The fourth-order valence-corrected chi connectivity index (χ4v) is 3.24. The van der Waals surface area contributed by atoms with E-state index in [-0.39, 0.29) is 15.9 Å². The Morgan fingerprint density at radius 1 is 1.27 bits per heavy atom. The second kappa shape index (κ2) is 6.87. The van der Waals surface area contributed by atoms with Crippen LogP contribution in [0.2, 0.25) is 5.02 Å². The SMILES string of the molecule is O=c1[nH]c(=O)n([C@@H]2O[C@H](COP(=O)(O)O)[C@@H](O)[C@H]2O)c2cc(Cl)ccc12. The van der Waals surface area contributed by atoms with E-state index in [1.165, 1.54) is 18.2 Å². The molecule has 4 atom stereocenters. The predicted molar refractivity (Wildman–Crippen MR) is 87.8 cm³/mol. The fraction of sp³-hybridized carbons (Fsp3) is 0.385. The molecule has 0 spiro atoms. The normalized spacial score (nSPS) is 26.5. The first-order valence-corrected chi connectivity index (χ1v) is 9.15. The number of hydrogen-bond donors (Lipinski definition) is 5. The molecule has 1 aliphatic heterocycles. The van der Waals surface area contributed by atoms with E-state index in [0.29, 0.717) is 0 Å². The molecule has 0 unspecified atom stereocenters. The van der Waals surface area contributed by atoms with Crippen molar-refractivity contribution in [3.8, 4) is 0 Å². The van der Waals surface area contributed by atoms with E-state index in [2.05, 4.69) is 9.51 Å². The molecule has 26 heavy (non-hydrogen) atoms. The number of fused-ring (bicyclic) bond motifs is 1. The summed E-state index contributed by atoms with van der Waals surface area (Å²) in [5, 5.41) is 20.6. The minimum Gasteiger partial charge on any atom is -0.387 e. The minimum atomic E-state index is -4.82. The van der Waals surface area contributed by atoms with Crippen LogP contribution in [0.3, 0.4) is 0 Å². The van der Waals surface area contributed by atoms with Crippen molar-refractivity contribution >= 4 is 30.3 Å². The number of aromatic nitrogens is 2. The molecule has 1 saturated heterocycles. The third kappa shape index (κ3) is 3.61. The Kier molecular flexibility index (Phi) is 5.08. The number of ether oxygens (including phenoxy) is 1. The van der Waals surface area contributed by atoms with E-state index >= 15 is 0 Å². The number of nitrogens with zero attached hydrogens (tertiary/aromatic N) is 1. The van der Waals surface area contributed by atoms with Gasteiger partial charge in [-0.2, -0.15) is 0 Å². The van der Waals surface area contributed by atoms with Crippen LogP contribution in [0.1, 0.15) is 6.23 Å². The number of rotatable bonds is 4. The van der Waals surface area contributed by atoms with Crippen LogP contribution in [-0.2, 0) is 13.8 Å². The summed E-state index contributed by atoms with van der Waals surface area (Å²) in [5.74, 6) is 0. The first-order valence-electron chi connectivity index (χ1n) is 7.24. The van der Waals surface area contributed by atoms with E-state index in [1.54, 1.807) is 0 Å². The topological polar surface area (TPSA) is 171 Å². The number of H-pyrrole nitrogens is 1. The summed E-state index contributed by atoms with van der Waals surface area (Å²) < 4.78 is 21.3. The molecule has 1 aromatic carbocycles. The van der Waals surface area contributed by atoms with Gasteiger partial charge in [0.1, 0.15) is 18.3 Å². The van der Waals surface area contributed by atoms with Gasteiger partial charge in [0.2, 0.25) is 0 Å². The van der Waals surface area contributed by atoms with Crippen molar-refractivity contribution in [2.24, 2.45) is 0 Å². The highest BCUT2D eigenvalue weighted by Gasteiger charge is 2.45. The van der Waals surface area contributed by atoms with E-state index < -0.39 is 50.2 Å². The molecule has 5 N–H and O–H groups in total. The summed E-state index contributed by atoms with van der Waals surface area (Å²) in [4.78, 5) is 43.7. The highest BCUT2D eigenvalue weighted by Crippen LogP contribution is 2.38. The van der Waals surface area contributed by atoms with Crippen molar-refractivity contribution < 1.29 is 33.8 Å². The van der Waals surface area contributed by atoms with Crippen LogP contribution in [0.15, 0.2) is 27.8 Å².